The van der Waals surface area contributed by atoms with E-state index in [1.165, 1.54) is 5.69 Å². The summed E-state index contributed by atoms with van der Waals surface area (Å²) in [6.45, 7) is 3.95. The van der Waals surface area contributed by atoms with Gasteiger partial charge in [0.2, 0.25) is 0 Å². The van der Waals surface area contributed by atoms with E-state index in [2.05, 4.69) is 22.4 Å². The van der Waals surface area contributed by atoms with Crippen LogP contribution in [0.25, 0.3) is 0 Å². The Morgan fingerprint density at radius 2 is 2.33 bits per heavy atom. The maximum atomic E-state index is 5.37. The lowest BCUT2D eigenvalue weighted by molar-refractivity contribution is 0.100. The number of rotatable bonds is 2. The van der Waals surface area contributed by atoms with Crippen LogP contribution in [-0.2, 0) is 4.74 Å². The molecule has 1 aliphatic rings. The van der Waals surface area contributed by atoms with Crippen molar-refractivity contribution in [2.75, 3.05) is 25.1 Å². The number of anilines is 1. The van der Waals surface area contributed by atoms with Crippen molar-refractivity contribution in [2.24, 2.45) is 0 Å². The number of hydrogen-bond acceptors (Lipinski definition) is 3. The molecule has 15 heavy (non-hydrogen) atoms. The van der Waals surface area contributed by atoms with Crippen molar-refractivity contribution >= 4 is 5.69 Å². The molecule has 0 saturated carbocycles. The van der Waals surface area contributed by atoms with E-state index in [0.29, 0.717) is 6.10 Å². The van der Waals surface area contributed by atoms with Crippen molar-refractivity contribution in [1.29, 1.82) is 0 Å². The fourth-order valence-electron chi connectivity index (χ4n) is 1.84. The van der Waals surface area contributed by atoms with Gasteiger partial charge in [-0.05, 0) is 31.9 Å². The molecular formula is C12H17N2O. The lowest BCUT2D eigenvalue weighted by atomic mass is 10.1. The molecule has 3 nitrogen and oxygen atoms in total. The predicted molar refractivity (Wildman–Crippen MR) is 60.9 cm³/mol. The van der Waals surface area contributed by atoms with Crippen LogP contribution in [0, 0.1) is 13.3 Å². The van der Waals surface area contributed by atoms with E-state index in [1.807, 2.05) is 19.2 Å². The minimum atomic E-state index is 0.319. The van der Waals surface area contributed by atoms with Gasteiger partial charge < -0.3 is 9.64 Å². The molecule has 1 fully saturated rings. The lowest BCUT2D eigenvalue weighted by Crippen LogP contribution is -2.39. The van der Waals surface area contributed by atoms with Gasteiger partial charge in [0.15, 0.2) is 0 Å². The van der Waals surface area contributed by atoms with Crippen molar-refractivity contribution in [3.05, 3.63) is 30.4 Å². The number of pyridine rings is 1. The molecule has 0 bridgehead atoms. The highest BCUT2D eigenvalue weighted by Crippen LogP contribution is 2.19. The highest BCUT2D eigenvalue weighted by atomic mass is 16.5. The van der Waals surface area contributed by atoms with E-state index >= 15 is 0 Å². The number of nitrogens with zero attached hydrogens (tertiary/aromatic N) is 2. The molecule has 2 rings (SSSR count). The third kappa shape index (κ3) is 2.48. The van der Waals surface area contributed by atoms with Gasteiger partial charge in [-0.15, -0.1) is 0 Å². The monoisotopic (exact) mass is 205 g/mol. The second-order valence-corrected chi connectivity index (χ2v) is 3.94. The van der Waals surface area contributed by atoms with Gasteiger partial charge in [0.1, 0.15) is 0 Å². The molecule has 1 aromatic rings. The van der Waals surface area contributed by atoms with Crippen LogP contribution in [0.3, 0.4) is 0 Å². The lowest BCUT2D eigenvalue weighted by Gasteiger charge is -2.33. The summed E-state index contributed by atoms with van der Waals surface area (Å²) in [4.78, 5) is 6.60. The zero-order valence-electron chi connectivity index (χ0n) is 9.31. The quantitative estimate of drug-likeness (QED) is 0.736. The summed E-state index contributed by atoms with van der Waals surface area (Å²) in [5, 5.41) is 0. The van der Waals surface area contributed by atoms with Gasteiger partial charge in [-0.25, -0.2) is 0 Å². The standard InChI is InChI=1S/C12H17N2O/c1-10-5-6-11(8-13-10)14-7-3-4-12(9-14)15-2/h3,5-6,8,12H,4,7,9H2,1-2H3/t12-/m1/s1. The van der Waals surface area contributed by atoms with Gasteiger partial charge in [0.05, 0.1) is 18.0 Å². The Labute approximate surface area is 91.1 Å². The number of piperidine rings is 1. The van der Waals surface area contributed by atoms with Crippen LogP contribution >= 0.6 is 0 Å². The summed E-state index contributed by atoms with van der Waals surface area (Å²) in [6, 6.07) is 4.17. The molecule has 3 heteroatoms. The summed E-state index contributed by atoms with van der Waals surface area (Å²) < 4.78 is 5.37. The van der Waals surface area contributed by atoms with E-state index in [9.17, 15) is 0 Å². The fraction of sp³-hybridized carbons (Fsp3) is 0.500. The molecule has 0 amide bonds. The fourth-order valence-corrected chi connectivity index (χ4v) is 1.84. The van der Waals surface area contributed by atoms with Gasteiger partial charge in [0.25, 0.3) is 0 Å². The van der Waals surface area contributed by atoms with Crippen LogP contribution in [-0.4, -0.2) is 31.3 Å². The second-order valence-electron chi connectivity index (χ2n) is 3.94. The molecule has 81 valence electrons. The first-order chi connectivity index (χ1) is 7.29. The second kappa shape index (κ2) is 4.62. The van der Waals surface area contributed by atoms with E-state index in [0.717, 1.165) is 25.2 Å². The average Bonchev–Trinajstić information content (AvgIpc) is 2.30. The molecule has 1 radical (unpaired) electrons. The van der Waals surface area contributed by atoms with Crippen LogP contribution in [0.4, 0.5) is 5.69 Å². The van der Waals surface area contributed by atoms with Crippen molar-refractivity contribution < 1.29 is 4.74 Å². The largest absolute Gasteiger partial charge is 0.380 e. The Hall–Kier alpha value is -1.09. The summed E-state index contributed by atoms with van der Waals surface area (Å²) in [5.41, 5.74) is 2.24. The first kappa shape index (κ1) is 10.4. The SMILES string of the molecule is CO[C@@H]1C[CH]CN(c2ccc(C)nc2)C1. The molecule has 1 aromatic heterocycles. The molecule has 1 atom stereocenters. The first-order valence-electron chi connectivity index (χ1n) is 5.31. The molecule has 1 aliphatic heterocycles. The summed E-state index contributed by atoms with van der Waals surface area (Å²) in [6.07, 6.45) is 5.56. The molecule has 0 unspecified atom stereocenters. The summed E-state index contributed by atoms with van der Waals surface area (Å²) in [5.74, 6) is 0. The van der Waals surface area contributed by atoms with Crippen LogP contribution in [0.5, 0.6) is 0 Å². The maximum Gasteiger partial charge on any atom is 0.0749 e. The smallest absolute Gasteiger partial charge is 0.0749 e. The molecule has 0 aromatic carbocycles. The van der Waals surface area contributed by atoms with Crippen LogP contribution in [0.15, 0.2) is 18.3 Å². The van der Waals surface area contributed by atoms with Crippen LogP contribution < -0.4 is 4.90 Å². The summed E-state index contributed by atoms with van der Waals surface area (Å²) in [7, 11) is 1.77. The molecule has 0 spiro atoms. The van der Waals surface area contributed by atoms with Gasteiger partial charge in [0, 0.05) is 25.9 Å². The van der Waals surface area contributed by atoms with Gasteiger partial charge in [-0.3, -0.25) is 4.98 Å². The van der Waals surface area contributed by atoms with Crippen LogP contribution in [0.1, 0.15) is 12.1 Å². The zero-order chi connectivity index (χ0) is 10.7. The Balaban J connectivity index is 2.06. The number of ether oxygens (including phenoxy) is 1. The topological polar surface area (TPSA) is 25.4 Å². The van der Waals surface area contributed by atoms with E-state index in [1.54, 1.807) is 7.11 Å². The Morgan fingerprint density at radius 3 is 3.00 bits per heavy atom. The minimum absolute atomic E-state index is 0.319. The van der Waals surface area contributed by atoms with Crippen molar-refractivity contribution in [2.45, 2.75) is 19.4 Å². The van der Waals surface area contributed by atoms with Crippen molar-refractivity contribution in [3.63, 3.8) is 0 Å². The molecule has 2 heterocycles. The molecule has 0 aliphatic carbocycles. The normalized spacial score (nSPS) is 21.7. The Bertz CT molecular complexity index is 310. The highest BCUT2D eigenvalue weighted by molar-refractivity contribution is 5.45. The zero-order valence-corrected chi connectivity index (χ0v) is 9.31. The highest BCUT2D eigenvalue weighted by Gasteiger charge is 2.19. The van der Waals surface area contributed by atoms with Crippen molar-refractivity contribution in [3.8, 4) is 0 Å². The molecule has 0 N–H and O–H groups in total. The van der Waals surface area contributed by atoms with Gasteiger partial charge in [-0.2, -0.15) is 0 Å². The Kier molecular flexibility index (Phi) is 3.21. The number of aromatic nitrogens is 1. The first-order valence-corrected chi connectivity index (χ1v) is 5.31. The summed E-state index contributed by atoms with van der Waals surface area (Å²) >= 11 is 0. The number of hydrogen-bond donors (Lipinski definition) is 0. The van der Waals surface area contributed by atoms with Crippen molar-refractivity contribution in [1.82, 2.24) is 4.98 Å². The minimum Gasteiger partial charge on any atom is -0.380 e. The molecular weight excluding hydrogens is 188 g/mol. The van der Waals surface area contributed by atoms with E-state index < -0.39 is 0 Å². The Morgan fingerprint density at radius 1 is 1.47 bits per heavy atom. The van der Waals surface area contributed by atoms with Crippen LogP contribution in [0.2, 0.25) is 0 Å². The third-order valence-electron chi connectivity index (χ3n) is 2.80. The number of methoxy groups -OCH3 is 1. The molecule has 1 saturated heterocycles. The maximum absolute atomic E-state index is 5.37. The predicted octanol–water partition coefficient (Wildman–Crippen LogP) is 1.82. The number of aryl methyl sites for hydroxylation is 1. The van der Waals surface area contributed by atoms with Gasteiger partial charge in [-0.1, -0.05) is 0 Å². The van der Waals surface area contributed by atoms with E-state index in [4.69, 9.17) is 4.74 Å². The average molecular weight is 205 g/mol. The van der Waals surface area contributed by atoms with E-state index in [-0.39, 0.29) is 0 Å². The third-order valence-corrected chi connectivity index (χ3v) is 2.80. The van der Waals surface area contributed by atoms with Gasteiger partial charge >= 0.3 is 0 Å².